The van der Waals surface area contributed by atoms with Gasteiger partial charge in [-0.25, -0.2) is 13.1 Å². The highest BCUT2D eigenvalue weighted by Crippen LogP contribution is 2.35. The van der Waals surface area contributed by atoms with Crippen LogP contribution >= 0.6 is 0 Å². The van der Waals surface area contributed by atoms with Crippen molar-refractivity contribution in [2.75, 3.05) is 19.9 Å². The molecule has 0 spiro atoms. The average Bonchev–Trinajstić information content (AvgIpc) is 3.13. The molecule has 2 aromatic rings. The van der Waals surface area contributed by atoms with Crippen LogP contribution in [-0.2, 0) is 15.6 Å². The lowest BCUT2D eigenvalue weighted by atomic mass is 9.96. The fourth-order valence-electron chi connectivity index (χ4n) is 2.59. The van der Waals surface area contributed by atoms with Gasteiger partial charge in [-0.3, -0.25) is 0 Å². The number of aliphatic hydroxyl groups is 1. The zero-order valence-corrected chi connectivity index (χ0v) is 16.1. The topological polar surface area (TPSA) is 94.1 Å². The van der Waals surface area contributed by atoms with Gasteiger partial charge in [0.2, 0.25) is 16.8 Å². The first kappa shape index (κ1) is 19.5. The van der Waals surface area contributed by atoms with Crippen LogP contribution in [0.4, 0.5) is 0 Å². The van der Waals surface area contributed by atoms with Crippen molar-refractivity contribution in [1.29, 1.82) is 0 Å². The lowest BCUT2D eigenvalue weighted by Gasteiger charge is -2.24. The van der Waals surface area contributed by atoms with Crippen molar-refractivity contribution in [3.8, 4) is 17.2 Å². The Kier molecular flexibility index (Phi) is 5.59. The first-order valence-corrected chi connectivity index (χ1v) is 10.2. The highest BCUT2D eigenvalue weighted by molar-refractivity contribution is 7.89. The summed E-state index contributed by atoms with van der Waals surface area (Å²) in [4.78, 5) is 0.104. The summed E-state index contributed by atoms with van der Waals surface area (Å²) in [6.07, 6.45) is 0.872. The normalized spacial score (nSPS) is 15.4. The van der Waals surface area contributed by atoms with Crippen LogP contribution in [-0.4, -0.2) is 33.5 Å². The van der Waals surface area contributed by atoms with E-state index in [9.17, 15) is 13.5 Å². The molecule has 3 rings (SSSR count). The number of fused-ring (bicyclic) bond motifs is 1. The van der Waals surface area contributed by atoms with Crippen molar-refractivity contribution in [2.45, 2.75) is 30.8 Å². The predicted molar refractivity (Wildman–Crippen MR) is 99.6 cm³/mol. The second-order valence-corrected chi connectivity index (χ2v) is 8.25. The third-order valence-electron chi connectivity index (χ3n) is 4.21. The number of benzene rings is 2. The van der Waals surface area contributed by atoms with E-state index in [-0.39, 0.29) is 18.2 Å². The zero-order valence-electron chi connectivity index (χ0n) is 15.3. The second kappa shape index (κ2) is 7.75. The maximum Gasteiger partial charge on any atom is 0.240 e. The lowest BCUT2D eigenvalue weighted by Crippen LogP contribution is -2.38. The van der Waals surface area contributed by atoms with Gasteiger partial charge >= 0.3 is 0 Å². The SMILES string of the molecule is CCCOc1ccc(S(=O)(=O)NCC(C)(O)c2ccc3c(c2)OCO3)cc1. The highest BCUT2D eigenvalue weighted by Gasteiger charge is 2.28. The minimum atomic E-state index is -3.77. The van der Waals surface area contributed by atoms with Crippen LogP contribution in [0.3, 0.4) is 0 Å². The summed E-state index contributed by atoms with van der Waals surface area (Å²) in [5, 5.41) is 10.7. The van der Waals surface area contributed by atoms with Gasteiger partial charge < -0.3 is 19.3 Å². The molecule has 8 heteroatoms. The van der Waals surface area contributed by atoms with Crippen LogP contribution in [0.25, 0.3) is 0 Å². The number of nitrogens with one attached hydrogen (secondary N) is 1. The van der Waals surface area contributed by atoms with E-state index >= 15 is 0 Å². The van der Waals surface area contributed by atoms with Gasteiger partial charge in [-0.15, -0.1) is 0 Å². The van der Waals surface area contributed by atoms with Crippen molar-refractivity contribution in [2.24, 2.45) is 0 Å². The molecular weight excluding hydrogens is 370 g/mol. The standard InChI is InChI=1S/C19H23NO6S/c1-3-10-24-15-5-7-16(8-6-15)27(22,23)20-12-19(2,21)14-4-9-17-18(11-14)26-13-25-17/h4-9,11,20-21H,3,10,12-13H2,1-2H3. The smallest absolute Gasteiger partial charge is 0.240 e. The molecule has 0 aliphatic carbocycles. The molecule has 1 heterocycles. The van der Waals surface area contributed by atoms with E-state index in [0.717, 1.165) is 6.42 Å². The first-order valence-electron chi connectivity index (χ1n) is 8.67. The third-order valence-corrected chi connectivity index (χ3v) is 5.62. The van der Waals surface area contributed by atoms with Gasteiger partial charge in [0.25, 0.3) is 0 Å². The monoisotopic (exact) mass is 393 g/mol. The summed E-state index contributed by atoms with van der Waals surface area (Å²) in [7, 11) is -3.77. The molecule has 7 nitrogen and oxygen atoms in total. The van der Waals surface area contributed by atoms with Crippen LogP contribution in [0.5, 0.6) is 17.2 Å². The van der Waals surface area contributed by atoms with Crippen molar-refractivity contribution in [3.05, 3.63) is 48.0 Å². The molecule has 0 bridgehead atoms. The molecule has 0 radical (unpaired) electrons. The molecule has 0 fully saturated rings. The quantitative estimate of drug-likeness (QED) is 0.715. The predicted octanol–water partition coefficient (Wildman–Crippen LogP) is 2.39. The van der Waals surface area contributed by atoms with E-state index < -0.39 is 15.6 Å². The summed E-state index contributed by atoms with van der Waals surface area (Å²) in [5.74, 6) is 1.74. The Morgan fingerprint density at radius 2 is 1.85 bits per heavy atom. The molecule has 1 aliphatic heterocycles. The molecule has 146 valence electrons. The minimum Gasteiger partial charge on any atom is -0.494 e. The molecule has 1 unspecified atom stereocenters. The van der Waals surface area contributed by atoms with E-state index in [1.54, 1.807) is 30.3 Å². The van der Waals surface area contributed by atoms with Gasteiger partial charge in [0.1, 0.15) is 11.4 Å². The summed E-state index contributed by atoms with van der Waals surface area (Å²) in [5.41, 5.74) is -0.893. The van der Waals surface area contributed by atoms with Gasteiger partial charge in [-0.05, 0) is 55.3 Å². The van der Waals surface area contributed by atoms with Crippen LogP contribution < -0.4 is 18.9 Å². The molecule has 2 N–H and O–H groups in total. The Balaban J connectivity index is 1.68. The highest BCUT2D eigenvalue weighted by atomic mass is 32.2. The zero-order chi connectivity index (χ0) is 19.5. The molecule has 0 saturated heterocycles. The molecule has 2 aromatic carbocycles. The Bertz CT molecular complexity index is 893. The van der Waals surface area contributed by atoms with E-state index in [1.807, 2.05) is 6.92 Å². The molecule has 0 aromatic heterocycles. The van der Waals surface area contributed by atoms with Crippen molar-refractivity contribution in [3.63, 3.8) is 0 Å². The summed E-state index contributed by atoms with van der Waals surface area (Å²) >= 11 is 0. The Hall–Kier alpha value is -2.29. The summed E-state index contributed by atoms with van der Waals surface area (Å²) in [6, 6.07) is 11.2. The molecule has 1 aliphatic rings. The summed E-state index contributed by atoms with van der Waals surface area (Å²) < 4.78 is 43.5. The van der Waals surface area contributed by atoms with Gasteiger partial charge in [0, 0.05) is 6.54 Å². The van der Waals surface area contributed by atoms with E-state index in [2.05, 4.69) is 4.72 Å². The third kappa shape index (κ3) is 4.52. The number of rotatable bonds is 8. The van der Waals surface area contributed by atoms with E-state index in [0.29, 0.717) is 29.4 Å². The Labute approximate surface area is 158 Å². The lowest BCUT2D eigenvalue weighted by molar-refractivity contribution is 0.0625. The minimum absolute atomic E-state index is 0.104. The largest absolute Gasteiger partial charge is 0.494 e. The number of sulfonamides is 1. The second-order valence-electron chi connectivity index (χ2n) is 6.49. The maximum absolute atomic E-state index is 12.5. The van der Waals surface area contributed by atoms with E-state index in [1.165, 1.54) is 19.1 Å². The van der Waals surface area contributed by atoms with Crippen molar-refractivity contribution in [1.82, 2.24) is 4.72 Å². The fraction of sp³-hybridized carbons (Fsp3) is 0.368. The van der Waals surface area contributed by atoms with Gasteiger partial charge in [-0.2, -0.15) is 0 Å². The molecule has 0 saturated carbocycles. The van der Waals surface area contributed by atoms with Gasteiger partial charge in [-0.1, -0.05) is 13.0 Å². The molecule has 1 atom stereocenters. The molecule has 27 heavy (non-hydrogen) atoms. The van der Waals surface area contributed by atoms with Crippen LogP contribution in [0.15, 0.2) is 47.4 Å². The van der Waals surface area contributed by atoms with Crippen LogP contribution in [0, 0.1) is 0 Å². The van der Waals surface area contributed by atoms with Gasteiger partial charge in [0.05, 0.1) is 11.5 Å². The van der Waals surface area contributed by atoms with Crippen LogP contribution in [0.1, 0.15) is 25.8 Å². The van der Waals surface area contributed by atoms with Crippen molar-refractivity contribution >= 4 is 10.0 Å². The maximum atomic E-state index is 12.5. The molecular formula is C19H23NO6S. The van der Waals surface area contributed by atoms with Crippen LogP contribution in [0.2, 0.25) is 0 Å². The fourth-order valence-corrected chi connectivity index (χ4v) is 3.72. The average molecular weight is 393 g/mol. The number of hydrogen-bond acceptors (Lipinski definition) is 6. The Morgan fingerprint density at radius 3 is 2.56 bits per heavy atom. The summed E-state index contributed by atoms with van der Waals surface area (Å²) in [6.45, 7) is 4.04. The molecule has 0 amide bonds. The van der Waals surface area contributed by atoms with Gasteiger partial charge in [0.15, 0.2) is 11.5 Å². The number of hydrogen-bond donors (Lipinski definition) is 2. The van der Waals surface area contributed by atoms with Crippen molar-refractivity contribution < 1.29 is 27.7 Å². The Morgan fingerprint density at radius 1 is 1.15 bits per heavy atom. The van der Waals surface area contributed by atoms with E-state index in [4.69, 9.17) is 14.2 Å². The number of ether oxygens (including phenoxy) is 3. The first-order chi connectivity index (χ1) is 12.8.